The third-order valence-corrected chi connectivity index (χ3v) is 6.21. The van der Waals surface area contributed by atoms with Crippen molar-refractivity contribution in [3.63, 3.8) is 0 Å². The molecule has 1 unspecified atom stereocenters. The topological polar surface area (TPSA) is 93.2 Å². The first kappa shape index (κ1) is 24.9. The summed E-state index contributed by atoms with van der Waals surface area (Å²) in [5, 5.41) is 9.14. The molecule has 0 saturated heterocycles. The summed E-state index contributed by atoms with van der Waals surface area (Å²) in [6.45, 7) is 11.0. The van der Waals surface area contributed by atoms with E-state index in [9.17, 15) is 9.59 Å². The first-order chi connectivity index (χ1) is 14.3. The Hall–Kier alpha value is -2.40. The average Bonchev–Trinajstić information content (AvgIpc) is 2.67. The van der Waals surface area contributed by atoms with Crippen molar-refractivity contribution in [2.24, 2.45) is 0 Å². The monoisotopic (exact) mass is 532 g/mol. The zero-order valence-electron chi connectivity index (χ0n) is 18.9. The molecule has 2 rings (SSSR count). The molecular weight excluding hydrogens is 503 g/mol. The van der Waals surface area contributed by atoms with E-state index < -0.39 is 22.9 Å². The number of nitrogens with two attached hydrogens (primary N) is 1. The fourth-order valence-corrected chi connectivity index (χ4v) is 4.27. The molecule has 2 aromatic rings. The molecule has 1 atom stereocenters. The number of rotatable bonds is 6. The Morgan fingerprint density at radius 1 is 1.13 bits per heavy atom. The minimum Gasteiger partial charge on any atom is -0.459 e. The molecule has 5 nitrogen and oxygen atoms in total. The van der Waals surface area contributed by atoms with Crippen LogP contribution in [0.3, 0.4) is 0 Å². The molecule has 0 aliphatic carbocycles. The molecule has 0 amide bonds. The molecule has 0 aliphatic heterocycles. The third-order valence-electron chi connectivity index (χ3n) is 5.20. The van der Waals surface area contributed by atoms with E-state index in [1.165, 1.54) is 11.6 Å². The van der Waals surface area contributed by atoms with Crippen LogP contribution >= 0.6 is 22.6 Å². The number of nitriles is 1. The highest BCUT2D eigenvalue weighted by Crippen LogP contribution is 2.36. The van der Waals surface area contributed by atoms with E-state index in [1.807, 2.05) is 38.1 Å². The van der Waals surface area contributed by atoms with Crippen molar-refractivity contribution in [3.05, 3.63) is 62.2 Å². The van der Waals surface area contributed by atoms with Crippen LogP contribution in [0.2, 0.25) is 0 Å². The van der Waals surface area contributed by atoms with Crippen molar-refractivity contribution in [2.75, 3.05) is 5.73 Å². The number of ether oxygens (including phenoxy) is 1. The second-order valence-electron chi connectivity index (χ2n) is 9.07. The van der Waals surface area contributed by atoms with Gasteiger partial charge in [-0.05, 0) is 98.5 Å². The van der Waals surface area contributed by atoms with Crippen molar-refractivity contribution in [3.8, 4) is 6.07 Å². The Morgan fingerprint density at radius 2 is 1.77 bits per heavy atom. The molecule has 2 N–H and O–H groups in total. The smallest absolute Gasteiger partial charge is 0.321 e. The minimum atomic E-state index is -1.20. The molecule has 0 saturated carbocycles. The molecule has 164 valence electrons. The zero-order valence-corrected chi connectivity index (χ0v) is 21.0. The van der Waals surface area contributed by atoms with Gasteiger partial charge in [-0.3, -0.25) is 9.59 Å². The summed E-state index contributed by atoms with van der Waals surface area (Å²) in [7, 11) is 0. The highest BCUT2D eigenvalue weighted by molar-refractivity contribution is 14.1. The Kier molecular flexibility index (Phi) is 7.53. The lowest BCUT2D eigenvalue weighted by Crippen LogP contribution is -2.40. The number of hydrogen-bond donors (Lipinski definition) is 1. The highest BCUT2D eigenvalue weighted by Gasteiger charge is 2.42. The van der Waals surface area contributed by atoms with Crippen LogP contribution < -0.4 is 5.73 Å². The van der Waals surface area contributed by atoms with Crippen molar-refractivity contribution in [1.82, 2.24) is 0 Å². The first-order valence-corrected chi connectivity index (χ1v) is 11.2. The van der Waals surface area contributed by atoms with Crippen LogP contribution in [-0.2, 0) is 26.2 Å². The molecule has 0 aliphatic rings. The number of halogens is 1. The maximum absolute atomic E-state index is 13.8. The van der Waals surface area contributed by atoms with Gasteiger partial charge in [-0.15, -0.1) is 0 Å². The fourth-order valence-electron chi connectivity index (χ4n) is 3.37. The molecule has 0 bridgehead atoms. The molecule has 0 fully saturated rings. The molecule has 0 heterocycles. The molecule has 31 heavy (non-hydrogen) atoms. The van der Waals surface area contributed by atoms with Gasteiger partial charge < -0.3 is 10.5 Å². The van der Waals surface area contributed by atoms with Gasteiger partial charge in [0.1, 0.15) is 11.5 Å². The van der Waals surface area contributed by atoms with Gasteiger partial charge in [-0.1, -0.05) is 25.1 Å². The largest absolute Gasteiger partial charge is 0.459 e. The number of carbonyl (C=O) groups is 2. The molecular formula is C25H29IN2O3. The minimum absolute atomic E-state index is 0.218. The molecule has 0 spiro atoms. The van der Waals surface area contributed by atoms with Gasteiger partial charge in [0.05, 0.1) is 11.6 Å². The summed E-state index contributed by atoms with van der Waals surface area (Å²) < 4.78 is 6.67. The summed E-state index contributed by atoms with van der Waals surface area (Å²) in [5.41, 5.74) is 7.39. The molecule has 0 radical (unpaired) electrons. The van der Waals surface area contributed by atoms with E-state index in [0.29, 0.717) is 11.1 Å². The second kappa shape index (κ2) is 9.39. The number of nitrogen functional groups attached to an aromatic ring is 1. The third kappa shape index (κ3) is 5.65. The van der Waals surface area contributed by atoms with Gasteiger partial charge in [-0.2, -0.15) is 5.26 Å². The number of benzene rings is 2. The standard InChI is InChI=1S/C25H29IN2O3/c1-7-16-9-10-17(13-19(16)26)25(5,6)22(29)21(23(30)31-24(2,3)4)18-11-8-15(14-27)12-20(18)28/h8-13,21H,7,28H2,1-6H3. The number of aryl methyl sites for hydroxylation is 1. The van der Waals surface area contributed by atoms with Crippen molar-refractivity contribution in [2.45, 2.75) is 64.9 Å². The normalized spacial score (nSPS) is 12.7. The van der Waals surface area contributed by atoms with Crippen LogP contribution in [0.1, 0.15) is 69.7 Å². The van der Waals surface area contributed by atoms with E-state index in [1.54, 1.807) is 32.9 Å². The molecule has 2 aromatic carbocycles. The Labute approximate surface area is 198 Å². The summed E-state index contributed by atoms with van der Waals surface area (Å²) >= 11 is 2.27. The number of anilines is 1. The van der Waals surface area contributed by atoms with Crippen molar-refractivity contribution in [1.29, 1.82) is 5.26 Å². The van der Waals surface area contributed by atoms with Gasteiger partial charge in [0.25, 0.3) is 0 Å². The Morgan fingerprint density at radius 3 is 2.26 bits per heavy atom. The van der Waals surface area contributed by atoms with Crippen LogP contribution in [0.15, 0.2) is 36.4 Å². The maximum Gasteiger partial charge on any atom is 0.321 e. The predicted molar refractivity (Wildman–Crippen MR) is 131 cm³/mol. The van der Waals surface area contributed by atoms with E-state index in [2.05, 4.69) is 29.5 Å². The Balaban J connectivity index is 2.59. The summed E-state index contributed by atoms with van der Waals surface area (Å²) in [4.78, 5) is 27.0. The fraction of sp³-hybridized carbons (Fsp3) is 0.400. The van der Waals surface area contributed by atoms with Crippen LogP contribution in [0.5, 0.6) is 0 Å². The van der Waals surface area contributed by atoms with Crippen LogP contribution in [-0.4, -0.2) is 17.4 Å². The average molecular weight is 532 g/mol. The zero-order chi connectivity index (χ0) is 23.6. The Bertz CT molecular complexity index is 1050. The SMILES string of the molecule is CCc1ccc(C(C)(C)C(=O)C(C(=O)OC(C)(C)C)c2ccc(C#N)cc2N)cc1I. The number of carbonyl (C=O) groups excluding carboxylic acids is 2. The lowest BCUT2D eigenvalue weighted by atomic mass is 9.73. The van der Waals surface area contributed by atoms with E-state index in [4.69, 9.17) is 15.7 Å². The molecule has 6 heteroatoms. The van der Waals surface area contributed by atoms with Gasteiger partial charge in [0.2, 0.25) is 0 Å². The number of esters is 1. The van der Waals surface area contributed by atoms with Crippen LogP contribution in [0, 0.1) is 14.9 Å². The number of nitrogens with zero attached hydrogens (tertiary/aromatic N) is 1. The highest BCUT2D eigenvalue weighted by atomic mass is 127. The summed E-state index contributed by atoms with van der Waals surface area (Å²) in [6.07, 6.45) is 0.898. The van der Waals surface area contributed by atoms with Crippen LogP contribution in [0.4, 0.5) is 5.69 Å². The van der Waals surface area contributed by atoms with E-state index in [0.717, 1.165) is 15.6 Å². The summed E-state index contributed by atoms with van der Waals surface area (Å²) in [6, 6.07) is 12.6. The number of hydrogen-bond acceptors (Lipinski definition) is 5. The van der Waals surface area contributed by atoms with Gasteiger partial charge >= 0.3 is 5.97 Å². The van der Waals surface area contributed by atoms with Gasteiger partial charge in [0, 0.05) is 14.7 Å². The number of Topliss-reactive ketones (excluding diaryl/α,β-unsaturated/α-hetero) is 1. The van der Waals surface area contributed by atoms with Gasteiger partial charge in [0.15, 0.2) is 5.78 Å². The quantitative estimate of drug-likeness (QED) is 0.237. The van der Waals surface area contributed by atoms with Crippen molar-refractivity contribution < 1.29 is 14.3 Å². The van der Waals surface area contributed by atoms with Crippen LogP contribution in [0.25, 0.3) is 0 Å². The van der Waals surface area contributed by atoms with E-state index >= 15 is 0 Å². The number of ketones is 1. The second-order valence-corrected chi connectivity index (χ2v) is 10.2. The van der Waals surface area contributed by atoms with Crippen molar-refractivity contribution >= 4 is 40.0 Å². The van der Waals surface area contributed by atoms with Gasteiger partial charge in [-0.25, -0.2) is 0 Å². The lowest BCUT2D eigenvalue weighted by Gasteiger charge is -2.31. The predicted octanol–water partition coefficient (Wildman–Crippen LogP) is 5.28. The first-order valence-electron chi connectivity index (χ1n) is 10.2. The lowest BCUT2D eigenvalue weighted by molar-refractivity contribution is -0.159. The molecule has 0 aromatic heterocycles. The summed E-state index contributed by atoms with van der Waals surface area (Å²) in [5.74, 6) is -2.16. The maximum atomic E-state index is 13.8. The van der Waals surface area contributed by atoms with E-state index in [-0.39, 0.29) is 11.5 Å².